The van der Waals surface area contributed by atoms with Gasteiger partial charge in [0.2, 0.25) is 5.76 Å². The number of ether oxygens (including phenoxy) is 2. The summed E-state index contributed by atoms with van der Waals surface area (Å²) in [7, 11) is 0. The average Bonchev–Trinajstić information content (AvgIpc) is 2.88. The predicted molar refractivity (Wildman–Crippen MR) is 64.2 cm³/mol. The molecule has 0 saturated carbocycles. The molecule has 0 amide bonds. The van der Waals surface area contributed by atoms with Gasteiger partial charge >= 0.3 is 5.97 Å². The molecule has 0 atom stereocenters. The molecular weight excluding hydrogens is 274 g/mol. The van der Waals surface area contributed by atoms with E-state index in [4.69, 9.17) is 30.7 Å². The Morgan fingerprint density at radius 2 is 2.26 bits per heavy atom. The second-order valence-electron chi connectivity index (χ2n) is 3.89. The number of nitrogens with zero attached hydrogens (tertiary/aromatic N) is 1. The van der Waals surface area contributed by atoms with Crippen molar-refractivity contribution < 1.29 is 23.9 Å². The van der Waals surface area contributed by atoms with Gasteiger partial charge in [-0.2, -0.15) is 0 Å². The van der Waals surface area contributed by atoms with Gasteiger partial charge in [-0.25, -0.2) is 4.79 Å². The van der Waals surface area contributed by atoms with Crippen molar-refractivity contribution in [2.45, 2.75) is 6.61 Å². The second-order valence-corrected chi connectivity index (χ2v) is 4.30. The third-order valence-electron chi connectivity index (χ3n) is 2.74. The van der Waals surface area contributed by atoms with E-state index in [1.54, 1.807) is 12.1 Å². The first-order valence-corrected chi connectivity index (χ1v) is 5.77. The lowest BCUT2D eigenvalue weighted by Gasteiger charge is -2.20. The molecule has 0 bridgehead atoms. The molecule has 98 valence electrons. The molecule has 0 fully saturated rings. The zero-order chi connectivity index (χ0) is 13.4. The number of carboxylic acids is 1. The van der Waals surface area contributed by atoms with Crippen molar-refractivity contribution in [2.75, 3.05) is 6.79 Å². The maximum atomic E-state index is 10.8. The molecule has 0 radical (unpaired) electrons. The van der Waals surface area contributed by atoms with E-state index in [1.165, 1.54) is 6.07 Å². The first kappa shape index (κ1) is 12.0. The van der Waals surface area contributed by atoms with E-state index >= 15 is 0 Å². The summed E-state index contributed by atoms with van der Waals surface area (Å²) < 4.78 is 15.3. The molecule has 19 heavy (non-hydrogen) atoms. The van der Waals surface area contributed by atoms with Gasteiger partial charge in [-0.3, -0.25) is 0 Å². The van der Waals surface area contributed by atoms with E-state index in [0.717, 1.165) is 5.56 Å². The third-order valence-corrected chi connectivity index (χ3v) is 3.06. The van der Waals surface area contributed by atoms with Crippen molar-refractivity contribution in [3.63, 3.8) is 0 Å². The topological polar surface area (TPSA) is 81.8 Å². The van der Waals surface area contributed by atoms with Crippen LogP contribution in [0, 0.1) is 0 Å². The summed E-state index contributed by atoms with van der Waals surface area (Å²) in [4.78, 5) is 10.8. The van der Waals surface area contributed by atoms with E-state index in [9.17, 15) is 4.79 Å². The molecule has 0 spiro atoms. The van der Waals surface area contributed by atoms with Gasteiger partial charge < -0.3 is 19.1 Å². The monoisotopic (exact) mass is 281 g/mol. The van der Waals surface area contributed by atoms with Crippen LogP contribution in [-0.4, -0.2) is 23.0 Å². The number of halogens is 1. The number of fused-ring (bicyclic) bond motifs is 1. The predicted octanol–water partition coefficient (Wildman–Crippen LogP) is 2.56. The van der Waals surface area contributed by atoms with Gasteiger partial charge in [0.05, 0.1) is 11.6 Å². The van der Waals surface area contributed by atoms with E-state index < -0.39 is 5.97 Å². The minimum atomic E-state index is -1.19. The summed E-state index contributed by atoms with van der Waals surface area (Å²) in [6.07, 6.45) is 0. The van der Waals surface area contributed by atoms with Crippen molar-refractivity contribution >= 4 is 17.6 Å². The molecule has 6 nitrogen and oxygen atoms in total. The number of carbonyl (C=O) groups is 1. The van der Waals surface area contributed by atoms with Crippen LogP contribution in [-0.2, 0) is 11.3 Å². The molecule has 2 heterocycles. The van der Waals surface area contributed by atoms with Gasteiger partial charge in [0.1, 0.15) is 11.4 Å². The fraction of sp³-hybridized carbons (Fsp3) is 0.167. The minimum Gasteiger partial charge on any atom is -0.475 e. The van der Waals surface area contributed by atoms with E-state index in [2.05, 4.69) is 5.16 Å². The molecule has 2 aromatic rings. The standard InChI is InChI=1S/C12H8ClNO5/c13-7-1-2-9-6(4-17-5-18-9)11(7)8-3-10(12(15)16)19-14-8/h1-3H,4-5H2,(H,15,16). The SMILES string of the molecule is O=C(O)c1cc(-c2c(Cl)ccc3c2COCO3)no1. The van der Waals surface area contributed by atoms with Crippen molar-refractivity contribution in [1.82, 2.24) is 5.16 Å². The maximum absolute atomic E-state index is 10.8. The molecule has 7 heteroatoms. The van der Waals surface area contributed by atoms with E-state index in [-0.39, 0.29) is 12.6 Å². The number of carboxylic acid groups (broad SMARTS) is 1. The number of hydrogen-bond acceptors (Lipinski definition) is 5. The Balaban J connectivity index is 2.15. The summed E-state index contributed by atoms with van der Waals surface area (Å²) in [6, 6.07) is 4.72. The normalized spacial score (nSPS) is 13.7. The zero-order valence-electron chi connectivity index (χ0n) is 9.55. The van der Waals surface area contributed by atoms with Crippen LogP contribution in [0.2, 0.25) is 5.02 Å². The molecule has 1 aromatic carbocycles. The van der Waals surface area contributed by atoms with Crippen LogP contribution in [0.3, 0.4) is 0 Å². The lowest BCUT2D eigenvalue weighted by molar-refractivity contribution is -0.0160. The minimum absolute atomic E-state index is 0.174. The van der Waals surface area contributed by atoms with Crippen LogP contribution >= 0.6 is 11.6 Å². The second kappa shape index (κ2) is 4.56. The lowest BCUT2D eigenvalue weighted by Crippen LogP contribution is -2.12. The highest BCUT2D eigenvalue weighted by Gasteiger charge is 2.22. The van der Waals surface area contributed by atoms with Crippen LogP contribution in [0.5, 0.6) is 5.75 Å². The fourth-order valence-electron chi connectivity index (χ4n) is 1.90. The van der Waals surface area contributed by atoms with Crippen molar-refractivity contribution in [3.8, 4) is 17.0 Å². The number of benzene rings is 1. The summed E-state index contributed by atoms with van der Waals surface area (Å²) in [6.45, 7) is 0.494. The van der Waals surface area contributed by atoms with Crippen LogP contribution in [0.1, 0.15) is 16.1 Å². The molecular formula is C12H8ClNO5. The van der Waals surface area contributed by atoms with Gasteiger partial charge in [-0.15, -0.1) is 0 Å². The Hall–Kier alpha value is -2.05. The largest absolute Gasteiger partial charge is 0.475 e. The molecule has 0 saturated heterocycles. The molecule has 1 aromatic heterocycles. The maximum Gasteiger partial charge on any atom is 0.374 e. The Kier molecular flexibility index (Phi) is 2.88. The van der Waals surface area contributed by atoms with Crippen LogP contribution < -0.4 is 4.74 Å². The van der Waals surface area contributed by atoms with Crippen molar-refractivity contribution in [3.05, 3.63) is 34.5 Å². The lowest BCUT2D eigenvalue weighted by atomic mass is 10.0. The Labute approximate surface area is 112 Å². The highest BCUT2D eigenvalue weighted by Crippen LogP contribution is 2.38. The molecule has 1 aliphatic rings. The number of aromatic nitrogens is 1. The number of aromatic carboxylic acids is 1. The first-order chi connectivity index (χ1) is 9.16. The summed E-state index contributed by atoms with van der Waals surface area (Å²) in [5.41, 5.74) is 1.63. The highest BCUT2D eigenvalue weighted by atomic mass is 35.5. The molecule has 0 unspecified atom stereocenters. The third kappa shape index (κ3) is 2.05. The highest BCUT2D eigenvalue weighted by molar-refractivity contribution is 6.33. The van der Waals surface area contributed by atoms with Gasteiger partial charge in [-0.05, 0) is 12.1 Å². The molecule has 1 aliphatic heterocycles. The Morgan fingerprint density at radius 1 is 1.42 bits per heavy atom. The van der Waals surface area contributed by atoms with E-state index in [1.807, 2.05) is 0 Å². The van der Waals surface area contributed by atoms with Crippen LogP contribution in [0.25, 0.3) is 11.3 Å². The van der Waals surface area contributed by atoms with Gasteiger partial charge in [0.25, 0.3) is 0 Å². The number of hydrogen-bond donors (Lipinski definition) is 1. The van der Waals surface area contributed by atoms with Crippen molar-refractivity contribution in [1.29, 1.82) is 0 Å². The smallest absolute Gasteiger partial charge is 0.374 e. The molecule has 3 rings (SSSR count). The van der Waals surface area contributed by atoms with Gasteiger partial charge in [-0.1, -0.05) is 16.8 Å². The zero-order valence-corrected chi connectivity index (χ0v) is 10.3. The summed E-state index contributed by atoms with van der Waals surface area (Å²) in [5, 5.41) is 13.0. The molecule has 1 N–H and O–H groups in total. The summed E-state index contributed by atoms with van der Waals surface area (Å²) >= 11 is 6.14. The molecule has 0 aliphatic carbocycles. The Bertz CT molecular complexity index is 652. The quantitative estimate of drug-likeness (QED) is 0.911. The Morgan fingerprint density at radius 3 is 3.00 bits per heavy atom. The van der Waals surface area contributed by atoms with Gasteiger partial charge in [0.15, 0.2) is 6.79 Å². The van der Waals surface area contributed by atoms with Gasteiger partial charge in [0, 0.05) is 17.2 Å². The first-order valence-electron chi connectivity index (χ1n) is 5.39. The average molecular weight is 282 g/mol. The number of rotatable bonds is 2. The summed E-state index contributed by atoms with van der Waals surface area (Å²) in [5.74, 6) is -0.793. The van der Waals surface area contributed by atoms with Crippen molar-refractivity contribution in [2.24, 2.45) is 0 Å². The van der Waals surface area contributed by atoms with Crippen LogP contribution in [0.15, 0.2) is 22.7 Å². The van der Waals surface area contributed by atoms with E-state index in [0.29, 0.717) is 28.6 Å². The fourth-order valence-corrected chi connectivity index (χ4v) is 2.17. The van der Waals surface area contributed by atoms with Crippen LogP contribution in [0.4, 0.5) is 0 Å².